The summed E-state index contributed by atoms with van der Waals surface area (Å²) in [5, 5.41) is 0.960. The first kappa shape index (κ1) is 17.0. The number of pyridine rings is 1. The molecule has 1 heterocycles. The van der Waals surface area contributed by atoms with Crippen LogP contribution in [0.4, 0.5) is 5.69 Å². The topological polar surface area (TPSA) is 53.2 Å². The van der Waals surface area contributed by atoms with Crippen LogP contribution in [0.5, 0.6) is 0 Å². The number of aryl methyl sites for hydroxylation is 2. The van der Waals surface area contributed by atoms with Crippen molar-refractivity contribution in [3.63, 3.8) is 0 Å². The van der Waals surface area contributed by atoms with Gasteiger partial charge in [-0.15, -0.1) is 0 Å². The number of aromatic amines is 1. The number of fused-ring (bicyclic) bond motifs is 1. The van der Waals surface area contributed by atoms with E-state index in [9.17, 15) is 9.59 Å². The van der Waals surface area contributed by atoms with Gasteiger partial charge in [0, 0.05) is 23.2 Å². The summed E-state index contributed by atoms with van der Waals surface area (Å²) in [4.78, 5) is 29.6. The van der Waals surface area contributed by atoms with Crippen molar-refractivity contribution in [3.8, 4) is 0 Å². The number of hydrogen-bond donors (Lipinski definition) is 1. The first-order valence-corrected chi connectivity index (χ1v) is 8.48. The van der Waals surface area contributed by atoms with Crippen LogP contribution in [-0.2, 0) is 11.3 Å². The van der Waals surface area contributed by atoms with E-state index < -0.39 is 0 Å². The van der Waals surface area contributed by atoms with E-state index in [1.807, 2.05) is 63.2 Å². The van der Waals surface area contributed by atoms with Crippen molar-refractivity contribution in [1.29, 1.82) is 0 Å². The molecule has 0 aliphatic rings. The molecule has 2 aromatic carbocycles. The van der Waals surface area contributed by atoms with E-state index in [0.717, 1.165) is 27.7 Å². The second kappa shape index (κ2) is 6.93. The maximum Gasteiger partial charge on any atom is 0.253 e. The van der Waals surface area contributed by atoms with E-state index in [-0.39, 0.29) is 18.0 Å². The molecular formula is C21H22N2O2. The van der Waals surface area contributed by atoms with Gasteiger partial charge in [-0.25, -0.2) is 0 Å². The number of rotatable bonds is 4. The van der Waals surface area contributed by atoms with Gasteiger partial charge in [0.2, 0.25) is 5.91 Å². The largest absolute Gasteiger partial charge is 0.322 e. The molecule has 0 saturated heterocycles. The monoisotopic (exact) mass is 334 g/mol. The van der Waals surface area contributed by atoms with Crippen molar-refractivity contribution < 1.29 is 4.79 Å². The maximum atomic E-state index is 12.5. The Hall–Kier alpha value is -2.88. The van der Waals surface area contributed by atoms with Gasteiger partial charge in [0.15, 0.2) is 0 Å². The summed E-state index contributed by atoms with van der Waals surface area (Å²) in [5.41, 5.74) is 4.26. The number of nitrogens with one attached hydrogen (secondary N) is 1. The standard InChI is InChI=1S/C21H22N2O2/c1-4-20(24)23(19-10-9-14(2)11-15(19)3)13-17-12-16-7-5-6-8-18(16)22-21(17)25/h5-12H,4,13H2,1-3H3,(H,22,25). The lowest BCUT2D eigenvalue weighted by atomic mass is 10.1. The molecule has 0 aliphatic heterocycles. The highest BCUT2D eigenvalue weighted by Gasteiger charge is 2.18. The fourth-order valence-corrected chi connectivity index (χ4v) is 3.09. The fourth-order valence-electron chi connectivity index (χ4n) is 3.09. The molecule has 3 aromatic rings. The summed E-state index contributed by atoms with van der Waals surface area (Å²) in [5.74, 6) is -0.000452. The molecular weight excluding hydrogens is 312 g/mol. The zero-order valence-electron chi connectivity index (χ0n) is 14.8. The number of nitrogens with zero attached hydrogens (tertiary/aromatic N) is 1. The number of aromatic nitrogens is 1. The van der Waals surface area contributed by atoms with Gasteiger partial charge in [0.05, 0.1) is 6.54 Å². The number of H-pyrrole nitrogens is 1. The number of benzene rings is 2. The quantitative estimate of drug-likeness (QED) is 0.781. The van der Waals surface area contributed by atoms with Gasteiger partial charge in [-0.3, -0.25) is 9.59 Å². The highest BCUT2D eigenvalue weighted by Crippen LogP contribution is 2.24. The van der Waals surface area contributed by atoms with E-state index in [1.165, 1.54) is 0 Å². The number of carbonyl (C=O) groups excluding carboxylic acids is 1. The molecule has 1 amide bonds. The second-order valence-corrected chi connectivity index (χ2v) is 6.33. The summed E-state index contributed by atoms with van der Waals surface area (Å²) in [7, 11) is 0. The number of amides is 1. The third kappa shape index (κ3) is 3.48. The van der Waals surface area contributed by atoms with Crippen LogP contribution in [0.1, 0.15) is 30.0 Å². The number of hydrogen-bond acceptors (Lipinski definition) is 2. The van der Waals surface area contributed by atoms with Gasteiger partial charge >= 0.3 is 0 Å². The van der Waals surface area contributed by atoms with Crippen molar-refractivity contribution in [2.45, 2.75) is 33.7 Å². The minimum Gasteiger partial charge on any atom is -0.322 e. The molecule has 0 fully saturated rings. The molecule has 25 heavy (non-hydrogen) atoms. The summed E-state index contributed by atoms with van der Waals surface area (Å²) < 4.78 is 0. The SMILES string of the molecule is CCC(=O)N(Cc1cc2ccccc2[nH]c1=O)c1ccc(C)cc1C. The molecule has 0 radical (unpaired) electrons. The molecule has 0 atom stereocenters. The van der Waals surface area contributed by atoms with Crippen LogP contribution >= 0.6 is 0 Å². The van der Waals surface area contributed by atoms with E-state index in [4.69, 9.17) is 0 Å². The Morgan fingerprint density at radius 3 is 2.56 bits per heavy atom. The smallest absolute Gasteiger partial charge is 0.253 e. The Morgan fingerprint density at radius 1 is 1.08 bits per heavy atom. The van der Waals surface area contributed by atoms with Gasteiger partial charge in [0.1, 0.15) is 0 Å². The van der Waals surface area contributed by atoms with E-state index in [0.29, 0.717) is 12.0 Å². The molecule has 0 spiro atoms. The van der Waals surface area contributed by atoms with Crippen molar-refractivity contribution in [2.24, 2.45) is 0 Å². The van der Waals surface area contributed by atoms with E-state index in [1.54, 1.807) is 4.90 Å². The highest BCUT2D eigenvalue weighted by molar-refractivity contribution is 5.94. The maximum absolute atomic E-state index is 12.5. The lowest BCUT2D eigenvalue weighted by Gasteiger charge is -2.24. The fraction of sp³-hybridized carbons (Fsp3) is 0.238. The Kier molecular flexibility index (Phi) is 4.70. The van der Waals surface area contributed by atoms with Gasteiger partial charge in [-0.1, -0.05) is 42.8 Å². The molecule has 1 aromatic heterocycles. The van der Waals surface area contributed by atoms with Gasteiger partial charge < -0.3 is 9.88 Å². The molecule has 0 bridgehead atoms. The second-order valence-electron chi connectivity index (χ2n) is 6.33. The Labute approximate surface area is 147 Å². The normalized spacial score (nSPS) is 10.8. The molecule has 4 heteroatoms. The number of anilines is 1. The van der Waals surface area contributed by atoms with Crippen molar-refractivity contribution in [1.82, 2.24) is 4.98 Å². The molecule has 0 saturated carbocycles. The van der Waals surface area contributed by atoms with Crippen LogP contribution in [0.15, 0.2) is 53.3 Å². The predicted octanol–water partition coefficient (Wildman–Crippen LogP) is 4.09. The number of carbonyl (C=O) groups is 1. The van der Waals surface area contributed by atoms with Gasteiger partial charge in [-0.2, -0.15) is 0 Å². The van der Waals surface area contributed by atoms with Crippen molar-refractivity contribution in [2.75, 3.05) is 4.90 Å². The van der Waals surface area contributed by atoms with Crippen LogP contribution in [0.2, 0.25) is 0 Å². The van der Waals surface area contributed by atoms with Gasteiger partial charge in [0.25, 0.3) is 5.56 Å². The minimum atomic E-state index is -0.155. The predicted molar refractivity (Wildman–Crippen MR) is 102 cm³/mol. The first-order valence-electron chi connectivity index (χ1n) is 8.48. The molecule has 3 rings (SSSR count). The lowest BCUT2D eigenvalue weighted by molar-refractivity contribution is -0.118. The molecule has 0 aliphatic carbocycles. The summed E-state index contributed by atoms with van der Waals surface area (Å²) >= 11 is 0. The summed E-state index contributed by atoms with van der Waals surface area (Å²) in [6, 6.07) is 15.5. The molecule has 1 N–H and O–H groups in total. The van der Waals surface area contributed by atoms with Crippen LogP contribution in [0, 0.1) is 13.8 Å². The van der Waals surface area contributed by atoms with E-state index >= 15 is 0 Å². The average Bonchev–Trinajstić information content (AvgIpc) is 2.60. The van der Waals surface area contributed by atoms with Crippen molar-refractivity contribution in [3.05, 3.63) is 75.6 Å². The molecule has 128 valence electrons. The highest BCUT2D eigenvalue weighted by atomic mass is 16.2. The first-order chi connectivity index (χ1) is 12.0. The van der Waals surface area contributed by atoms with E-state index in [2.05, 4.69) is 11.1 Å². The van der Waals surface area contributed by atoms with Crippen LogP contribution in [0.3, 0.4) is 0 Å². The zero-order chi connectivity index (χ0) is 18.0. The number of para-hydroxylation sites is 1. The Morgan fingerprint density at radius 2 is 1.84 bits per heavy atom. The summed E-state index contributed by atoms with van der Waals surface area (Å²) in [6.07, 6.45) is 0.388. The zero-order valence-corrected chi connectivity index (χ0v) is 14.8. The minimum absolute atomic E-state index is 0.000452. The lowest BCUT2D eigenvalue weighted by Crippen LogP contribution is -2.32. The Bertz CT molecular complexity index is 989. The molecule has 0 unspecified atom stereocenters. The van der Waals surface area contributed by atoms with Crippen LogP contribution < -0.4 is 10.5 Å². The van der Waals surface area contributed by atoms with Gasteiger partial charge in [-0.05, 0) is 43.0 Å². The third-order valence-electron chi connectivity index (χ3n) is 4.41. The third-order valence-corrected chi connectivity index (χ3v) is 4.41. The van der Waals surface area contributed by atoms with Crippen molar-refractivity contribution >= 4 is 22.5 Å². The average molecular weight is 334 g/mol. The molecule has 4 nitrogen and oxygen atoms in total. The summed E-state index contributed by atoms with van der Waals surface area (Å²) in [6.45, 7) is 6.11. The van der Waals surface area contributed by atoms with Crippen LogP contribution in [0.25, 0.3) is 10.9 Å². The van der Waals surface area contributed by atoms with Crippen LogP contribution in [-0.4, -0.2) is 10.9 Å². The Balaban J connectivity index is 2.05.